The number of fused-ring (bicyclic) bond motifs is 1. The Bertz CT molecular complexity index is 1320. The van der Waals surface area contributed by atoms with Gasteiger partial charge in [0.1, 0.15) is 18.1 Å². The van der Waals surface area contributed by atoms with Crippen molar-refractivity contribution in [2.75, 3.05) is 6.61 Å². The molecule has 0 bridgehead atoms. The Labute approximate surface area is 221 Å². The molecule has 0 aliphatic heterocycles. The van der Waals surface area contributed by atoms with Gasteiger partial charge in [-0.15, -0.1) is 0 Å². The largest absolute Gasteiger partial charge is 0.481 e. The SMILES string of the molecule is NC(Cc1c[nH]c2ccccc12)C(=O)NC(CC(=O)O)C(=O)NC(CO)C(=O)NC(Cc1cnc[nH]1)C(=O)O. The van der Waals surface area contributed by atoms with Crippen LogP contribution in [0.5, 0.6) is 0 Å². The van der Waals surface area contributed by atoms with Gasteiger partial charge in [0.25, 0.3) is 0 Å². The van der Waals surface area contributed by atoms with Gasteiger partial charge in [-0.25, -0.2) is 9.78 Å². The molecule has 0 radical (unpaired) electrons. The number of H-pyrrole nitrogens is 2. The molecule has 2 aromatic heterocycles. The maximum absolute atomic E-state index is 12.8. The summed E-state index contributed by atoms with van der Waals surface area (Å²) in [5.41, 5.74) is 8.02. The topological polar surface area (TPSA) is 253 Å². The molecule has 10 N–H and O–H groups in total. The van der Waals surface area contributed by atoms with Gasteiger partial charge in [0.2, 0.25) is 17.7 Å². The molecule has 0 saturated carbocycles. The van der Waals surface area contributed by atoms with Crippen LogP contribution in [0.1, 0.15) is 17.7 Å². The lowest BCUT2D eigenvalue weighted by Crippen LogP contribution is -2.58. The Hall–Kier alpha value is -4.76. The van der Waals surface area contributed by atoms with Crippen molar-refractivity contribution in [1.82, 2.24) is 30.9 Å². The van der Waals surface area contributed by atoms with E-state index in [0.717, 1.165) is 16.5 Å². The summed E-state index contributed by atoms with van der Waals surface area (Å²) in [5, 5.41) is 35.8. The van der Waals surface area contributed by atoms with Crippen molar-refractivity contribution in [1.29, 1.82) is 0 Å². The highest BCUT2D eigenvalue weighted by molar-refractivity contribution is 5.96. The fourth-order valence-electron chi connectivity index (χ4n) is 3.85. The first-order valence-corrected chi connectivity index (χ1v) is 11.8. The Morgan fingerprint density at radius 3 is 2.21 bits per heavy atom. The highest BCUT2D eigenvalue weighted by atomic mass is 16.4. The third kappa shape index (κ3) is 7.86. The average Bonchev–Trinajstić information content (AvgIpc) is 3.56. The molecule has 4 atom stereocenters. The van der Waals surface area contributed by atoms with Crippen molar-refractivity contribution < 1.29 is 39.3 Å². The van der Waals surface area contributed by atoms with Gasteiger partial charge in [-0.3, -0.25) is 19.2 Å². The molecule has 2 heterocycles. The van der Waals surface area contributed by atoms with Crippen molar-refractivity contribution in [2.45, 2.75) is 43.4 Å². The van der Waals surface area contributed by atoms with E-state index in [1.165, 1.54) is 12.5 Å². The lowest BCUT2D eigenvalue weighted by molar-refractivity contribution is -0.143. The predicted octanol–water partition coefficient (Wildman–Crippen LogP) is -1.99. The van der Waals surface area contributed by atoms with Gasteiger partial charge in [0.05, 0.1) is 25.4 Å². The molecule has 3 aromatic rings. The van der Waals surface area contributed by atoms with E-state index in [9.17, 15) is 39.3 Å². The summed E-state index contributed by atoms with van der Waals surface area (Å²) >= 11 is 0. The van der Waals surface area contributed by atoms with Crippen LogP contribution in [0.3, 0.4) is 0 Å². The molecule has 15 heteroatoms. The van der Waals surface area contributed by atoms with Crippen molar-refractivity contribution in [3.05, 3.63) is 54.2 Å². The number of carbonyl (C=O) groups is 5. The number of hydrogen-bond acceptors (Lipinski definition) is 8. The standard InChI is InChI=1S/C24H29N7O8/c25-15(5-12-8-27-16-4-2-1-3-14(12)16)21(35)29-17(7-20(33)34)22(36)31-19(10-32)23(37)30-18(24(38)39)6-13-9-26-11-28-13/h1-4,8-9,11,15,17-19,27,32H,5-7,10,25H2,(H,26,28)(H,29,35)(H,30,37)(H,31,36)(H,33,34)(H,38,39). The van der Waals surface area contributed by atoms with Crippen LogP contribution in [-0.4, -0.2) is 90.7 Å². The summed E-state index contributed by atoms with van der Waals surface area (Å²) in [5.74, 6) is -5.72. The maximum atomic E-state index is 12.8. The van der Waals surface area contributed by atoms with E-state index < -0.39 is 66.9 Å². The maximum Gasteiger partial charge on any atom is 0.326 e. The first-order valence-electron chi connectivity index (χ1n) is 11.8. The molecular weight excluding hydrogens is 514 g/mol. The second kappa shape index (κ2) is 13.2. The summed E-state index contributed by atoms with van der Waals surface area (Å²) in [4.78, 5) is 70.6. The number of nitrogens with zero attached hydrogens (tertiary/aromatic N) is 1. The van der Waals surface area contributed by atoms with Gasteiger partial charge in [-0.05, 0) is 18.1 Å². The molecule has 0 aliphatic rings. The minimum atomic E-state index is -1.63. The number of rotatable bonds is 14. The Morgan fingerprint density at radius 1 is 0.897 bits per heavy atom. The summed E-state index contributed by atoms with van der Waals surface area (Å²) < 4.78 is 0. The average molecular weight is 544 g/mol. The van der Waals surface area contributed by atoms with E-state index in [1.54, 1.807) is 6.20 Å². The Kier molecular flexibility index (Phi) is 9.72. The van der Waals surface area contributed by atoms with E-state index in [1.807, 2.05) is 24.3 Å². The molecule has 0 saturated heterocycles. The number of para-hydroxylation sites is 1. The molecule has 0 aliphatic carbocycles. The summed E-state index contributed by atoms with van der Waals surface area (Å²) in [7, 11) is 0. The molecule has 208 valence electrons. The number of aromatic amines is 2. The molecule has 4 unspecified atom stereocenters. The van der Waals surface area contributed by atoms with Crippen molar-refractivity contribution in [2.24, 2.45) is 5.73 Å². The van der Waals surface area contributed by atoms with Crippen LogP contribution in [0, 0.1) is 0 Å². The number of amides is 3. The zero-order valence-corrected chi connectivity index (χ0v) is 20.6. The normalized spacial score (nSPS) is 14.1. The van der Waals surface area contributed by atoms with Crippen LogP contribution >= 0.6 is 0 Å². The van der Waals surface area contributed by atoms with Crippen molar-refractivity contribution in [3.8, 4) is 0 Å². The van der Waals surface area contributed by atoms with Crippen LogP contribution < -0.4 is 21.7 Å². The number of nitrogens with two attached hydrogens (primary N) is 1. The Balaban J connectivity index is 1.63. The first-order chi connectivity index (χ1) is 18.6. The second-order valence-electron chi connectivity index (χ2n) is 8.75. The van der Waals surface area contributed by atoms with Gasteiger partial charge in [0, 0.05) is 35.4 Å². The molecular formula is C24H29N7O8. The zero-order chi connectivity index (χ0) is 28.5. The van der Waals surface area contributed by atoms with Gasteiger partial charge >= 0.3 is 11.9 Å². The van der Waals surface area contributed by atoms with Crippen LogP contribution in [-0.2, 0) is 36.8 Å². The number of aliphatic hydroxyl groups excluding tert-OH is 1. The number of imidazole rings is 1. The first kappa shape index (κ1) is 28.8. The highest BCUT2D eigenvalue weighted by Gasteiger charge is 2.31. The molecule has 1 aromatic carbocycles. The molecule has 39 heavy (non-hydrogen) atoms. The zero-order valence-electron chi connectivity index (χ0n) is 20.6. The highest BCUT2D eigenvalue weighted by Crippen LogP contribution is 2.18. The quantitative estimate of drug-likeness (QED) is 0.108. The fourth-order valence-corrected chi connectivity index (χ4v) is 3.85. The molecule has 3 amide bonds. The number of benzene rings is 1. The summed E-state index contributed by atoms with van der Waals surface area (Å²) in [6.07, 6.45) is 3.49. The van der Waals surface area contributed by atoms with Crippen LogP contribution in [0.15, 0.2) is 43.0 Å². The smallest absolute Gasteiger partial charge is 0.326 e. The fraction of sp³-hybridized carbons (Fsp3) is 0.333. The lowest BCUT2D eigenvalue weighted by atomic mass is 10.0. The van der Waals surface area contributed by atoms with E-state index in [2.05, 4.69) is 30.9 Å². The third-order valence-electron chi connectivity index (χ3n) is 5.87. The second-order valence-corrected chi connectivity index (χ2v) is 8.75. The van der Waals surface area contributed by atoms with Crippen molar-refractivity contribution in [3.63, 3.8) is 0 Å². The number of hydrogen-bond donors (Lipinski definition) is 9. The molecule has 3 rings (SSSR count). The van der Waals surface area contributed by atoms with Crippen LogP contribution in [0.4, 0.5) is 0 Å². The van der Waals surface area contributed by atoms with Crippen molar-refractivity contribution >= 4 is 40.6 Å². The number of carboxylic acids is 2. The lowest BCUT2D eigenvalue weighted by Gasteiger charge is -2.23. The van der Waals surface area contributed by atoms with Crippen LogP contribution in [0.2, 0.25) is 0 Å². The van der Waals surface area contributed by atoms with Gasteiger partial charge in [0.15, 0.2) is 0 Å². The monoisotopic (exact) mass is 543 g/mol. The van der Waals surface area contributed by atoms with Gasteiger partial charge in [-0.2, -0.15) is 0 Å². The van der Waals surface area contributed by atoms with Gasteiger partial charge < -0.3 is 47.0 Å². The van der Waals surface area contributed by atoms with E-state index in [-0.39, 0.29) is 12.8 Å². The minimum Gasteiger partial charge on any atom is -0.481 e. The summed E-state index contributed by atoms with van der Waals surface area (Å²) in [6, 6.07) is 1.54. The van der Waals surface area contributed by atoms with Gasteiger partial charge in [-0.1, -0.05) is 18.2 Å². The number of carboxylic acid groups (broad SMARTS) is 2. The van der Waals surface area contributed by atoms with E-state index >= 15 is 0 Å². The van der Waals surface area contributed by atoms with E-state index in [4.69, 9.17) is 5.73 Å². The molecule has 0 fully saturated rings. The third-order valence-corrected chi connectivity index (χ3v) is 5.87. The van der Waals surface area contributed by atoms with E-state index in [0.29, 0.717) is 5.69 Å². The predicted molar refractivity (Wildman–Crippen MR) is 135 cm³/mol. The summed E-state index contributed by atoms with van der Waals surface area (Å²) in [6.45, 7) is -0.929. The number of aromatic nitrogens is 3. The van der Waals surface area contributed by atoms with Crippen LogP contribution in [0.25, 0.3) is 10.9 Å². The molecule has 0 spiro atoms. The number of nitrogens with one attached hydrogen (secondary N) is 5. The Morgan fingerprint density at radius 2 is 1.56 bits per heavy atom. The number of aliphatic carboxylic acids is 2. The minimum absolute atomic E-state index is 0.0891. The number of aliphatic hydroxyl groups is 1. The molecule has 15 nitrogen and oxygen atoms in total. The number of carbonyl (C=O) groups excluding carboxylic acids is 3.